The fourth-order valence-corrected chi connectivity index (χ4v) is 0.917. The Kier molecular flexibility index (Phi) is 3.30. The quantitative estimate of drug-likeness (QED) is 0.620. The van der Waals surface area contributed by atoms with Crippen LogP contribution in [-0.4, -0.2) is 16.2 Å². The first-order chi connectivity index (χ1) is 6.59. The van der Waals surface area contributed by atoms with Crippen molar-refractivity contribution in [2.24, 2.45) is 0 Å². The number of carbonyl (C=O) groups excluding carboxylic acids is 1. The van der Waals surface area contributed by atoms with Crippen LogP contribution in [0.3, 0.4) is 0 Å². The lowest BCUT2D eigenvalue weighted by atomic mass is 10.2. The van der Waals surface area contributed by atoms with Gasteiger partial charge < -0.3 is 15.1 Å². The third-order valence-electron chi connectivity index (χ3n) is 1.55. The molecule has 1 rings (SSSR count). The zero-order valence-corrected chi connectivity index (χ0v) is 7.65. The molecule has 3 N–H and O–H groups in total. The summed E-state index contributed by atoms with van der Waals surface area (Å²) in [6, 6.07) is 4.18. The van der Waals surface area contributed by atoms with Gasteiger partial charge in [-0.2, -0.15) is 0 Å². The lowest BCUT2D eigenvalue weighted by Gasteiger charge is -2.05. The van der Waals surface area contributed by atoms with Crippen LogP contribution in [0.5, 0.6) is 11.5 Å². The smallest absolute Gasteiger partial charge is 0.321 e. The van der Waals surface area contributed by atoms with Crippen molar-refractivity contribution in [3.05, 3.63) is 23.8 Å². The molecule has 0 fully saturated rings. The van der Waals surface area contributed by atoms with E-state index in [4.69, 9.17) is 5.11 Å². The van der Waals surface area contributed by atoms with Crippen LogP contribution in [0.2, 0.25) is 0 Å². The van der Waals surface area contributed by atoms with Gasteiger partial charge in [0.1, 0.15) is 11.5 Å². The summed E-state index contributed by atoms with van der Waals surface area (Å²) < 4.78 is 0. The maximum Gasteiger partial charge on any atom is 0.321 e. The zero-order valence-electron chi connectivity index (χ0n) is 7.65. The van der Waals surface area contributed by atoms with Crippen molar-refractivity contribution < 1.29 is 19.8 Å². The molecule has 0 bridgehead atoms. The molecule has 0 spiro atoms. The van der Waals surface area contributed by atoms with E-state index in [0.29, 0.717) is 5.56 Å². The van der Waals surface area contributed by atoms with Crippen LogP contribution in [0.15, 0.2) is 18.2 Å². The Labute approximate surface area is 80.9 Å². The van der Waals surface area contributed by atoms with E-state index in [1.54, 1.807) is 0 Å². The molecular formula is C9H11NO4. The standard InChI is InChI=1S/C9H11NO4/c1-6(11)14-10-5-7-2-3-8(12)4-9(7)13/h2-4,10,12-13H,5H2,1H3. The van der Waals surface area contributed by atoms with E-state index in [1.807, 2.05) is 0 Å². The second kappa shape index (κ2) is 4.48. The third-order valence-corrected chi connectivity index (χ3v) is 1.55. The van der Waals surface area contributed by atoms with Crippen LogP contribution >= 0.6 is 0 Å². The Balaban J connectivity index is 2.55. The monoisotopic (exact) mass is 197 g/mol. The highest BCUT2D eigenvalue weighted by Crippen LogP contribution is 2.21. The first-order valence-corrected chi connectivity index (χ1v) is 4.00. The summed E-state index contributed by atoms with van der Waals surface area (Å²) in [6.45, 7) is 1.45. The average Bonchev–Trinajstić information content (AvgIpc) is 2.08. The predicted molar refractivity (Wildman–Crippen MR) is 48.4 cm³/mol. The van der Waals surface area contributed by atoms with E-state index in [1.165, 1.54) is 25.1 Å². The second-order valence-electron chi connectivity index (χ2n) is 2.73. The molecule has 5 nitrogen and oxygen atoms in total. The molecule has 0 amide bonds. The van der Waals surface area contributed by atoms with Gasteiger partial charge in [-0.05, 0) is 6.07 Å². The van der Waals surface area contributed by atoms with E-state index in [0.717, 1.165) is 0 Å². The molecule has 0 aliphatic rings. The summed E-state index contributed by atoms with van der Waals surface area (Å²) in [5, 5.41) is 18.3. The number of phenolic OH excluding ortho intramolecular Hbond substituents is 2. The van der Waals surface area contributed by atoms with Crippen molar-refractivity contribution in [2.45, 2.75) is 13.5 Å². The van der Waals surface area contributed by atoms with Crippen LogP contribution in [0.1, 0.15) is 12.5 Å². The third kappa shape index (κ3) is 2.95. The van der Waals surface area contributed by atoms with E-state index in [-0.39, 0.29) is 18.0 Å². The zero-order chi connectivity index (χ0) is 10.6. The van der Waals surface area contributed by atoms with Crippen LogP contribution in [0.25, 0.3) is 0 Å². The summed E-state index contributed by atoms with van der Waals surface area (Å²) in [6.07, 6.45) is 0. The van der Waals surface area contributed by atoms with E-state index < -0.39 is 5.97 Å². The van der Waals surface area contributed by atoms with Crippen LogP contribution in [0, 0.1) is 0 Å². The molecule has 0 saturated carbocycles. The second-order valence-corrected chi connectivity index (χ2v) is 2.73. The molecule has 5 heteroatoms. The highest BCUT2D eigenvalue weighted by molar-refractivity contribution is 5.65. The van der Waals surface area contributed by atoms with Gasteiger partial charge in [0, 0.05) is 18.6 Å². The van der Waals surface area contributed by atoms with Crippen molar-refractivity contribution in [3.63, 3.8) is 0 Å². The Hall–Kier alpha value is -1.75. The van der Waals surface area contributed by atoms with Gasteiger partial charge in [0.15, 0.2) is 0 Å². The first kappa shape index (κ1) is 10.3. The highest BCUT2D eigenvalue weighted by atomic mass is 16.7. The number of phenols is 2. The number of nitrogens with one attached hydrogen (secondary N) is 1. The SMILES string of the molecule is CC(=O)ONCc1ccc(O)cc1O. The van der Waals surface area contributed by atoms with Crippen LogP contribution < -0.4 is 5.48 Å². The minimum absolute atomic E-state index is 0.0151. The highest BCUT2D eigenvalue weighted by Gasteiger charge is 2.02. The molecule has 76 valence electrons. The van der Waals surface area contributed by atoms with Crippen molar-refractivity contribution in [3.8, 4) is 11.5 Å². The van der Waals surface area contributed by atoms with Crippen LogP contribution in [-0.2, 0) is 16.2 Å². The molecule has 0 aliphatic carbocycles. The molecule has 0 saturated heterocycles. The average molecular weight is 197 g/mol. The molecule has 0 heterocycles. The van der Waals surface area contributed by atoms with E-state index >= 15 is 0 Å². The van der Waals surface area contributed by atoms with Gasteiger partial charge in [-0.3, -0.25) is 4.79 Å². The van der Waals surface area contributed by atoms with E-state index in [2.05, 4.69) is 10.3 Å². The minimum Gasteiger partial charge on any atom is -0.508 e. The summed E-state index contributed by atoms with van der Waals surface area (Å²) in [4.78, 5) is 14.9. The lowest BCUT2D eigenvalue weighted by Crippen LogP contribution is -2.17. The fraction of sp³-hybridized carbons (Fsp3) is 0.222. The van der Waals surface area contributed by atoms with Gasteiger partial charge in [-0.1, -0.05) is 6.07 Å². The minimum atomic E-state index is -0.455. The number of hydrogen-bond donors (Lipinski definition) is 3. The summed E-state index contributed by atoms with van der Waals surface area (Å²) in [7, 11) is 0. The van der Waals surface area contributed by atoms with Crippen molar-refractivity contribution in [2.75, 3.05) is 0 Å². The Morgan fingerprint density at radius 1 is 1.50 bits per heavy atom. The molecule has 1 aromatic rings. The molecule has 1 aromatic carbocycles. The number of aromatic hydroxyl groups is 2. The molecular weight excluding hydrogens is 186 g/mol. The van der Waals surface area contributed by atoms with Crippen molar-refractivity contribution in [1.82, 2.24) is 5.48 Å². The summed E-state index contributed by atoms with van der Waals surface area (Å²) in [5.41, 5.74) is 2.90. The van der Waals surface area contributed by atoms with Gasteiger partial charge in [0.25, 0.3) is 0 Å². The van der Waals surface area contributed by atoms with Gasteiger partial charge in [0.05, 0.1) is 6.54 Å². The molecule has 0 aromatic heterocycles. The number of carbonyl (C=O) groups is 1. The number of rotatable bonds is 3. The van der Waals surface area contributed by atoms with Gasteiger partial charge in [-0.25, -0.2) is 0 Å². The summed E-state index contributed by atoms with van der Waals surface area (Å²) in [5.74, 6) is -0.522. The van der Waals surface area contributed by atoms with E-state index in [9.17, 15) is 9.90 Å². The summed E-state index contributed by atoms with van der Waals surface area (Å²) >= 11 is 0. The molecule has 0 aliphatic heterocycles. The Bertz CT molecular complexity index is 338. The van der Waals surface area contributed by atoms with Gasteiger partial charge in [0.2, 0.25) is 0 Å². The largest absolute Gasteiger partial charge is 0.508 e. The molecule has 0 unspecified atom stereocenters. The van der Waals surface area contributed by atoms with Crippen molar-refractivity contribution in [1.29, 1.82) is 0 Å². The molecule has 0 radical (unpaired) electrons. The first-order valence-electron chi connectivity index (χ1n) is 4.00. The van der Waals surface area contributed by atoms with Gasteiger partial charge in [-0.15, -0.1) is 5.48 Å². The molecule has 14 heavy (non-hydrogen) atoms. The van der Waals surface area contributed by atoms with Gasteiger partial charge >= 0.3 is 5.97 Å². The predicted octanol–water partition coefficient (Wildman–Crippen LogP) is 0.665. The number of hydrogen-bond acceptors (Lipinski definition) is 5. The Morgan fingerprint density at radius 3 is 2.79 bits per heavy atom. The van der Waals surface area contributed by atoms with Crippen molar-refractivity contribution >= 4 is 5.97 Å². The lowest BCUT2D eigenvalue weighted by molar-refractivity contribution is -0.148. The topological polar surface area (TPSA) is 78.8 Å². The molecule has 0 atom stereocenters. The normalized spacial score (nSPS) is 9.79. The maximum absolute atomic E-state index is 10.4. The maximum atomic E-state index is 10.4. The Morgan fingerprint density at radius 2 is 2.21 bits per heavy atom. The fourth-order valence-electron chi connectivity index (χ4n) is 0.917. The number of hydroxylamine groups is 1. The number of benzene rings is 1. The van der Waals surface area contributed by atoms with Crippen LogP contribution in [0.4, 0.5) is 0 Å².